The number of benzene rings is 1. The van der Waals surface area contributed by atoms with Gasteiger partial charge in [0.05, 0.1) is 34.0 Å². The number of nitriles is 1. The van der Waals surface area contributed by atoms with Gasteiger partial charge in [0, 0.05) is 18.2 Å². The quantitative estimate of drug-likeness (QED) is 0.620. The number of hydrogen-bond acceptors (Lipinski definition) is 6. The summed E-state index contributed by atoms with van der Waals surface area (Å²) in [6.45, 7) is 0.795. The molecule has 1 aromatic carbocycles. The number of non-ortho nitro benzene ring substituents is 1. The summed E-state index contributed by atoms with van der Waals surface area (Å²) < 4.78 is 5.31. The molecule has 0 spiro atoms. The first kappa shape index (κ1) is 14.9. The number of hydrogen-bond donors (Lipinski definition) is 0. The lowest BCUT2D eigenvalue weighted by molar-refractivity contribution is -0.394. The van der Waals surface area contributed by atoms with E-state index in [0.717, 1.165) is 6.07 Å². The van der Waals surface area contributed by atoms with Crippen molar-refractivity contribution in [2.24, 2.45) is 5.41 Å². The van der Waals surface area contributed by atoms with Crippen LogP contribution in [-0.2, 0) is 11.2 Å². The lowest BCUT2D eigenvalue weighted by atomic mass is 9.78. The van der Waals surface area contributed by atoms with E-state index in [1.54, 1.807) is 0 Å². The zero-order chi connectivity index (χ0) is 15.5. The molecule has 1 heterocycles. The highest BCUT2D eigenvalue weighted by molar-refractivity contribution is 5.49. The third kappa shape index (κ3) is 3.14. The summed E-state index contributed by atoms with van der Waals surface area (Å²) in [7, 11) is 0. The first-order chi connectivity index (χ1) is 9.97. The van der Waals surface area contributed by atoms with Crippen LogP contribution in [0, 0.1) is 37.0 Å². The van der Waals surface area contributed by atoms with Crippen LogP contribution in [0.2, 0.25) is 0 Å². The third-order valence-corrected chi connectivity index (χ3v) is 3.56. The Kier molecular flexibility index (Phi) is 4.14. The summed E-state index contributed by atoms with van der Waals surface area (Å²) in [5.41, 5.74) is -1.16. The van der Waals surface area contributed by atoms with Crippen molar-refractivity contribution in [3.05, 3.63) is 44.0 Å². The molecule has 0 saturated carbocycles. The van der Waals surface area contributed by atoms with Crippen LogP contribution in [0.15, 0.2) is 18.2 Å². The molecule has 0 amide bonds. The molecule has 1 atom stereocenters. The highest BCUT2D eigenvalue weighted by Crippen LogP contribution is 2.35. The highest BCUT2D eigenvalue weighted by Gasteiger charge is 2.35. The Hall–Kier alpha value is -2.53. The Morgan fingerprint density at radius 1 is 1.33 bits per heavy atom. The lowest BCUT2D eigenvalue weighted by Gasteiger charge is -2.30. The normalized spacial score (nSPS) is 21.5. The van der Waals surface area contributed by atoms with Crippen molar-refractivity contribution >= 4 is 11.4 Å². The van der Waals surface area contributed by atoms with Gasteiger partial charge in [-0.05, 0) is 25.3 Å². The number of nitro groups is 2. The van der Waals surface area contributed by atoms with E-state index < -0.39 is 15.3 Å². The average molecular weight is 291 g/mol. The van der Waals surface area contributed by atoms with E-state index in [1.165, 1.54) is 12.1 Å². The van der Waals surface area contributed by atoms with Crippen molar-refractivity contribution in [1.29, 1.82) is 5.26 Å². The first-order valence-electron chi connectivity index (χ1n) is 6.38. The zero-order valence-electron chi connectivity index (χ0n) is 11.2. The maximum absolute atomic E-state index is 11.1. The molecule has 1 fully saturated rings. The second-order valence-corrected chi connectivity index (χ2v) is 5.05. The van der Waals surface area contributed by atoms with Crippen LogP contribution in [0.3, 0.4) is 0 Å². The molecule has 21 heavy (non-hydrogen) atoms. The van der Waals surface area contributed by atoms with Gasteiger partial charge in [-0.1, -0.05) is 0 Å². The van der Waals surface area contributed by atoms with Crippen molar-refractivity contribution in [1.82, 2.24) is 0 Å². The fraction of sp³-hybridized carbons (Fsp3) is 0.462. The summed E-state index contributed by atoms with van der Waals surface area (Å²) in [4.78, 5) is 20.5. The topological polar surface area (TPSA) is 119 Å². The lowest BCUT2D eigenvalue weighted by Crippen LogP contribution is -2.32. The van der Waals surface area contributed by atoms with E-state index in [4.69, 9.17) is 4.74 Å². The van der Waals surface area contributed by atoms with Gasteiger partial charge in [-0.25, -0.2) is 0 Å². The summed E-state index contributed by atoms with van der Waals surface area (Å²) in [5.74, 6) is 0. The fourth-order valence-corrected chi connectivity index (χ4v) is 2.47. The Labute approximate surface area is 120 Å². The molecule has 2 rings (SSSR count). The summed E-state index contributed by atoms with van der Waals surface area (Å²) in [6, 6.07) is 5.69. The molecule has 0 aromatic heterocycles. The van der Waals surface area contributed by atoms with E-state index in [-0.39, 0.29) is 24.4 Å². The van der Waals surface area contributed by atoms with Gasteiger partial charge in [0.2, 0.25) is 0 Å². The van der Waals surface area contributed by atoms with Crippen LogP contribution in [0.1, 0.15) is 18.4 Å². The molecule has 1 aliphatic heterocycles. The molecule has 1 aliphatic rings. The van der Waals surface area contributed by atoms with E-state index in [9.17, 15) is 25.5 Å². The second-order valence-electron chi connectivity index (χ2n) is 5.05. The maximum Gasteiger partial charge on any atom is 0.279 e. The van der Waals surface area contributed by atoms with Gasteiger partial charge in [0.1, 0.15) is 0 Å². The Balaban J connectivity index is 2.37. The largest absolute Gasteiger partial charge is 0.380 e. The molecule has 1 unspecified atom stereocenters. The van der Waals surface area contributed by atoms with Gasteiger partial charge < -0.3 is 4.74 Å². The van der Waals surface area contributed by atoms with Gasteiger partial charge in [0.25, 0.3) is 11.4 Å². The number of nitrogens with zero attached hydrogens (tertiary/aromatic N) is 3. The molecule has 1 saturated heterocycles. The SMILES string of the molecule is N#CC1(Cc2ccc([N+](=O)[O-])cc2[N+](=O)[O-])CCCOC1. The van der Waals surface area contributed by atoms with Crippen molar-refractivity contribution < 1.29 is 14.6 Å². The minimum absolute atomic E-state index is 0.151. The standard InChI is InChI=1S/C13H13N3O5/c14-8-13(4-1-5-21-9-13)7-10-2-3-11(15(17)18)6-12(10)16(19)20/h2-3,6H,1,4-5,7,9H2. The van der Waals surface area contributed by atoms with Gasteiger partial charge in [-0.15, -0.1) is 0 Å². The summed E-state index contributed by atoms with van der Waals surface area (Å²) in [6.07, 6.45) is 1.46. The molecule has 8 nitrogen and oxygen atoms in total. The number of nitro benzene ring substituents is 2. The van der Waals surface area contributed by atoms with E-state index in [2.05, 4.69) is 6.07 Å². The van der Waals surface area contributed by atoms with Gasteiger partial charge in [-0.3, -0.25) is 20.2 Å². The molecule has 0 radical (unpaired) electrons. The van der Waals surface area contributed by atoms with Crippen LogP contribution in [0.25, 0.3) is 0 Å². The molecular formula is C13H13N3O5. The van der Waals surface area contributed by atoms with Gasteiger partial charge >= 0.3 is 0 Å². The highest BCUT2D eigenvalue weighted by atomic mass is 16.6. The number of rotatable bonds is 4. The van der Waals surface area contributed by atoms with Crippen LogP contribution in [0.5, 0.6) is 0 Å². The predicted molar refractivity (Wildman–Crippen MR) is 71.6 cm³/mol. The Bertz CT molecular complexity index is 617. The number of ether oxygens (including phenoxy) is 1. The minimum Gasteiger partial charge on any atom is -0.380 e. The Morgan fingerprint density at radius 3 is 2.62 bits per heavy atom. The molecule has 0 bridgehead atoms. The van der Waals surface area contributed by atoms with Crippen molar-refractivity contribution in [3.63, 3.8) is 0 Å². The average Bonchev–Trinajstić information content (AvgIpc) is 2.48. The smallest absolute Gasteiger partial charge is 0.279 e. The molecule has 0 N–H and O–H groups in total. The molecule has 0 aliphatic carbocycles. The van der Waals surface area contributed by atoms with Crippen LogP contribution in [0.4, 0.5) is 11.4 Å². The van der Waals surface area contributed by atoms with Crippen molar-refractivity contribution in [2.45, 2.75) is 19.3 Å². The molecule has 1 aromatic rings. The monoisotopic (exact) mass is 291 g/mol. The van der Waals surface area contributed by atoms with Gasteiger partial charge in [0.15, 0.2) is 0 Å². The fourth-order valence-electron chi connectivity index (χ4n) is 2.47. The predicted octanol–water partition coefficient (Wildman–Crippen LogP) is 2.37. The van der Waals surface area contributed by atoms with Crippen LogP contribution >= 0.6 is 0 Å². The minimum atomic E-state index is -0.806. The van der Waals surface area contributed by atoms with E-state index in [0.29, 0.717) is 25.0 Å². The van der Waals surface area contributed by atoms with Crippen LogP contribution < -0.4 is 0 Å². The summed E-state index contributed by atoms with van der Waals surface area (Å²) in [5, 5.41) is 31.2. The van der Waals surface area contributed by atoms with E-state index >= 15 is 0 Å². The van der Waals surface area contributed by atoms with E-state index in [1.807, 2.05) is 0 Å². The Morgan fingerprint density at radius 2 is 2.10 bits per heavy atom. The molecule has 110 valence electrons. The molecular weight excluding hydrogens is 278 g/mol. The first-order valence-corrected chi connectivity index (χ1v) is 6.38. The zero-order valence-corrected chi connectivity index (χ0v) is 11.2. The molecule has 8 heteroatoms. The summed E-state index contributed by atoms with van der Waals surface area (Å²) >= 11 is 0. The van der Waals surface area contributed by atoms with Crippen LogP contribution in [-0.4, -0.2) is 23.1 Å². The second kappa shape index (κ2) is 5.85. The van der Waals surface area contributed by atoms with Gasteiger partial charge in [-0.2, -0.15) is 5.26 Å². The third-order valence-electron chi connectivity index (χ3n) is 3.56. The van der Waals surface area contributed by atoms with Crippen molar-refractivity contribution in [2.75, 3.05) is 13.2 Å². The van der Waals surface area contributed by atoms with Crippen molar-refractivity contribution in [3.8, 4) is 6.07 Å². The maximum atomic E-state index is 11.1.